The molecule has 0 saturated carbocycles. The van der Waals surface area contributed by atoms with Crippen molar-refractivity contribution in [1.29, 1.82) is 0 Å². The third kappa shape index (κ3) is 4.25. The highest BCUT2D eigenvalue weighted by molar-refractivity contribution is 7.92. The lowest BCUT2D eigenvalue weighted by molar-refractivity contribution is 0.602. The molecule has 1 heterocycles. The number of nitrogens with one attached hydrogen (secondary N) is 1. The number of sulfonamides is 1. The number of halogens is 1. The minimum atomic E-state index is -3.38. The molecule has 7 heteroatoms. The maximum absolute atomic E-state index is 11.5. The Bertz CT molecular complexity index is 625. The van der Waals surface area contributed by atoms with Crippen LogP contribution in [0.25, 0.3) is 0 Å². The first kappa shape index (κ1) is 13.9. The highest BCUT2D eigenvalue weighted by Crippen LogP contribution is 2.10. The maximum Gasteiger partial charge on any atom is 0.234 e. The maximum atomic E-state index is 11.5. The second kappa shape index (κ2) is 6.08. The van der Waals surface area contributed by atoms with Crippen LogP contribution in [0, 0.1) is 0 Å². The molecule has 2 rings (SSSR count). The smallest absolute Gasteiger partial charge is 0.234 e. The van der Waals surface area contributed by atoms with Gasteiger partial charge in [0.1, 0.15) is 0 Å². The monoisotopic (exact) mass is 299 g/mol. The molecule has 0 bridgehead atoms. The summed E-state index contributed by atoms with van der Waals surface area (Å²) in [6.07, 6.45) is 3.13. The van der Waals surface area contributed by atoms with Crippen molar-refractivity contribution in [1.82, 2.24) is 9.78 Å². The van der Waals surface area contributed by atoms with Crippen molar-refractivity contribution in [3.63, 3.8) is 0 Å². The summed E-state index contributed by atoms with van der Waals surface area (Å²) in [6.45, 7) is 0.595. The first-order valence-corrected chi connectivity index (χ1v) is 7.90. The van der Waals surface area contributed by atoms with Crippen LogP contribution >= 0.6 is 11.6 Å². The van der Waals surface area contributed by atoms with Gasteiger partial charge in [0.15, 0.2) is 0 Å². The van der Waals surface area contributed by atoms with E-state index in [0.717, 1.165) is 5.56 Å². The molecule has 102 valence electrons. The van der Waals surface area contributed by atoms with Crippen LogP contribution in [0.2, 0.25) is 0 Å². The van der Waals surface area contributed by atoms with Gasteiger partial charge in [-0.25, -0.2) is 8.42 Å². The standard InChI is InChI=1S/C12H14ClN3O2S/c13-6-7-19(17,18)15-12-8-14-16(10-12)9-11-4-2-1-3-5-11/h1-5,8,10,15H,6-7,9H2. The Kier molecular flexibility index (Phi) is 4.44. The average Bonchev–Trinajstić information content (AvgIpc) is 2.76. The Hall–Kier alpha value is -1.53. The van der Waals surface area contributed by atoms with Gasteiger partial charge in [-0.1, -0.05) is 30.3 Å². The number of aromatic nitrogens is 2. The topological polar surface area (TPSA) is 64.0 Å². The van der Waals surface area contributed by atoms with E-state index in [4.69, 9.17) is 11.6 Å². The van der Waals surface area contributed by atoms with Crippen molar-refractivity contribution in [2.45, 2.75) is 6.54 Å². The third-order valence-corrected chi connectivity index (χ3v) is 4.14. The van der Waals surface area contributed by atoms with E-state index >= 15 is 0 Å². The molecule has 0 atom stereocenters. The van der Waals surface area contributed by atoms with E-state index in [1.54, 1.807) is 10.9 Å². The minimum absolute atomic E-state index is 0.0630. The van der Waals surface area contributed by atoms with Gasteiger partial charge in [-0.05, 0) is 5.56 Å². The van der Waals surface area contributed by atoms with Gasteiger partial charge in [-0.15, -0.1) is 11.6 Å². The number of hydrogen-bond donors (Lipinski definition) is 1. The molecule has 2 aromatic rings. The van der Waals surface area contributed by atoms with Crippen LogP contribution in [0.5, 0.6) is 0 Å². The van der Waals surface area contributed by atoms with Gasteiger partial charge in [0, 0.05) is 12.1 Å². The summed E-state index contributed by atoms with van der Waals surface area (Å²) in [5.74, 6) is -0.0497. The fraction of sp³-hybridized carbons (Fsp3) is 0.250. The number of alkyl halides is 1. The van der Waals surface area contributed by atoms with Crippen LogP contribution in [0.15, 0.2) is 42.7 Å². The summed E-state index contributed by atoms with van der Waals surface area (Å²) < 4.78 is 27.2. The van der Waals surface area contributed by atoms with Gasteiger partial charge >= 0.3 is 0 Å². The van der Waals surface area contributed by atoms with Gasteiger partial charge in [0.05, 0.1) is 24.2 Å². The van der Waals surface area contributed by atoms with Crippen LogP contribution in [-0.4, -0.2) is 29.8 Å². The summed E-state index contributed by atoms with van der Waals surface area (Å²) in [4.78, 5) is 0. The van der Waals surface area contributed by atoms with E-state index in [2.05, 4.69) is 9.82 Å². The van der Waals surface area contributed by atoms with E-state index in [-0.39, 0.29) is 11.6 Å². The predicted octanol–water partition coefficient (Wildman–Crippen LogP) is 1.91. The van der Waals surface area contributed by atoms with Crippen LogP contribution < -0.4 is 4.72 Å². The zero-order chi connectivity index (χ0) is 13.7. The largest absolute Gasteiger partial charge is 0.280 e. The number of benzene rings is 1. The second-order valence-electron chi connectivity index (χ2n) is 4.02. The van der Waals surface area contributed by atoms with Crippen molar-refractivity contribution in [2.24, 2.45) is 0 Å². The molecule has 0 fully saturated rings. The molecular weight excluding hydrogens is 286 g/mol. The Balaban J connectivity index is 2.04. The second-order valence-corrected chi connectivity index (χ2v) is 6.24. The van der Waals surface area contributed by atoms with Crippen LogP contribution in [0.1, 0.15) is 5.56 Å². The zero-order valence-electron chi connectivity index (χ0n) is 10.2. The molecule has 5 nitrogen and oxygen atoms in total. The lowest BCUT2D eigenvalue weighted by atomic mass is 10.2. The average molecular weight is 300 g/mol. The quantitative estimate of drug-likeness (QED) is 0.829. The molecule has 0 aliphatic carbocycles. The molecule has 0 saturated heterocycles. The van der Waals surface area contributed by atoms with Crippen molar-refractivity contribution >= 4 is 27.3 Å². The molecule has 1 aromatic carbocycles. The SMILES string of the molecule is O=S(=O)(CCCl)Nc1cnn(Cc2ccccc2)c1. The zero-order valence-corrected chi connectivity index (χ0v) is 11.7. The first-order valence-electron chi connectivity index (χ1n) is 5.72. The van der Waals surface area contributed by atoms with Gasteiger partial charge in [-0.3, -0.25) is 9.40 Å². The van der Waals surface area contributed by atoms with Crippen LogP contribution in [-0.2, 0) is 16.6 Å². The third-order valence-electron chi connectivity index (χ3n) is 2.44. The summed E-state index contributed by atoms with van der Waals surface area (Å²) in [7, 11) is -3.38. The summed E-state index contributed by atoms with van der Waals surface area (Å²) in [6, 6.07) is 9.81. The van der Waals surface area contributed by atoms with Crippen molar-refractivity contribution in [3.05, 3.63) is 48.3 Å². The summed E-state index contributed by atoms with van der Waals surface area (Å²) in [5.41, 5.74) is 1.54. The Morgan fingerprint density at radius 1 is 1.26 bits per heavy atom. The molecule has 0 unspecified atom stereocenters. The molecule has 0 aliphatic heterocycles. The van der Waals surface area contributed by atoms with Gasteiger partial charge in [0.25, 0.3) is 0 Å². The summed E-state index contributed by atoms with van der Waals surface area (Å²) in [5, 5.41) is 4.11. The number of anilines is 1. The van der Waals surface area contributed by atoms with E-state index in [9.17, 15) is 8.42 Å². The fourth-order valence-corrected chi connectivity index (χ4v) is 2.98. The number of nitrogens with zero attached hydrogens (tertiary/aromatic N) is 2. The van der Waals surface area contributed by atoms with E-state index in [0.29, 0.717) is 12.2 Å². The van der Waals surface area contributed by atoms with Crippen LogP contribution in [0.3, 0.4) is 0 Å². The van der Waals surface area contributed by atoms with E-state index in [1.165, 1.54) is 6.20 Å². The molecule has 0 radical (unpaired) electrons. The van der Waals surface area contributed by atoms with Crippen molar-refractivity contribution < 1.29 is 8.42 Å². The molecule has 0 amide bonds. The Labute approximate surface area is 117 Å². The van der Waals surface area contributed by atoms with E-state index < -0.39 is 10.0 Å². The minimum Gasteiger partial charge on any atom is -0.280 e. The Morgan fingerprint density at radius 3 is 2.68 bits per heavy atom. The number of hydrogen-bond acceptors (Lipinski definition) is 3. The highest BCUT2D eigenvalue weighted by atomic mass is 35.5. The van der Waals surface area contributed by atoms with Crippen molar-refractivity contribution in [3.8, 4) is 0 Å². The molecule has 19 heavy (non-hydrogen) atoms. The fourth-order valence-electron chi connectivity index (χ4n) is 1.61. The Morgan fingerprint density at radius 2 is 2.00 bits per heavy atom. The number of rotatable bonds is 6. The lowest BCUT2D eigenvalue weighted by Gasteiger charge is -2.03. The molecule has 0 aliphatic rings. The van der Waals surface area contributed by atoms with Crippen molar-refractivity contribution in [2.75, 3.05) is 16.4 Å². The molecular formula is C12H14ClN3O2S. The highest BCUT2D eigenvalue weighted by Gasteiger charge is 2.10. The predicted molar refractivity (Wildman–Crippen MR) is 75.9 cm³/mol. The van der Waals surface area contributed by atoms with Gasteiger partial charge < -0.3 is 0 Å². The lowest BCUT2D eigenvalue weighted by Crippen LogP contribution is -2.17. The molecule has 0 spiro atoms. The summed E-state index contributed by atoms with van der Waals surface area (Å²) >= 11 is 5.42. The molecule has 1 aromatic heterocycles. The van der Waals surface area contributed by atoms with E-state index in [1.807, 2.05) is 30.3 Å². The molecule has 1 N–H and O–H groups in total. The van der Waals surface area contributed by atoms with Gasteiger partial charge in [-0.2, -0.15) is 5.10 Å². The van der Waals surface area contributed by atoms with Crippen LogP contribution in [0.4, 0.5) is 5.69 Å². The normalized spacial score (nSPS) is 11.4. The first-order chi connectivity index (χ1) is 9.09. The van der Waals surface area contributed by atoms with Gasteiger partial charge in [0.2, 0.25) is 10.0 Å².